The summed E-state index contributed by atoms with van der Waals surface area (Å²) in [5.41, 5.74) is 0.0479. The van der Waals surface area contributed by atoms with Gasteiger partial charge in [0.1, 0.15) is 5.15 Å². The number of H-pyrrole nitrogens is 1. The minimum atomic E-state index is -0.384. The van der Waals surface area contributed by atoms with Crippen molar-refractivity contribution in [1.82, 2.24) is 9.55 Å². The van der Waals surface area contributed by atoms with Gasteiger partial charge in [0.25, 0.3) is 5.56 Å². The Kier molecular flexibility index (Phi) is 5.08. The summed E-state index contributed by atoms with van der Waals surface area (Å²) in [5, 5.41) is 0.242. The van der Waals surface area contributed by atoms with E-state index in [2.05, 4.69) is 11.9 Å². The predicted molar refractivity (Wildman–Crippen MR) is 81.8 cm³/mol. The molecule has 0 aromatic carbocycles. The molecule has 4 nitrogen and oxygen atoms in total. The fraction of sp³-hybridized carbons (Fsp3) is 0.733. The summed E-state index contributed by atoms with van der Waals surface area (Å²) in [6, 6.07) is -0.0800. The minimum Gasteiger partial charge on any atom is -0.297 e. The number of aromatic amines is 1. The molecule has 112 valence electrons. The summed E-state index contributed by atoms with van der Waals surface area (Å²) >= 11 is 6.13. The summed E-state index contributed by atoms with van der Waals surface area (Å²) in [6.07, 6.45) is 7.14. The standard InChI is InChI=1S/C15H23ClN2O2/c1-3-4-7-10(2)18-14(19)12(11-8-5-6-9-11)13(16)17-15(18)20/h10-11H,3-9H2,1-2H3,(H,17,20). The summed E-state index contributed by atoms with van der Waals surface area (Å²) in [5.74, 6) is 0.205. The van der Waals surface area contributed by atoms with Crippen LogP contribution in [0.25, 0.3) is 0 Å². The number of hydrogen-bond acceptors (Lipinski definition) is 2. The highest BCUT2D eigenvalue weighted by Gasteiger charge is 2.26. The molecule has 1 saturated carbocycles. The molecule has 1 aromatic rings. The van der Waals surface area contributed by atoms with Crippen LogP contribution >= 0.6 is 11.6 Å². The topological polar surface area (TPSA) is 54.9 Å². The number of rotatable bonds is 5. The predicted octanol–water partition coefficient (Wildman–Crippen LogP) is 3.60. The molecule has 20 heavy (non-hydrogen) atoms. The zero-order valence-corrected chi connectivity index (χ0v) is 13.0. The quantitative estimate of drug-likeness (QED) is 0.844. The van der Waals surface area contributed by atoms with Crippen LogP contribution < -0.4 is 11.2 Å². The van der Waals surface area contributed by atoms with Crippen molar-refractivity contribution < 1.29 is 0 Å². The van der Waals surface area contributed by atoms with Crippen molar-refractivity contribution >= 4 is 11.6 Å². The van der Waals surface area contributed by atoms with E-state index < -0.39 is 0 Å². The maximum absolute atomic E-state index is 12.7. The number of halogens is 1. The number of aromatic nitrogens is 2. The first-order valence-electron chi connectivity index (χ1n) is 7.60. The average Bonchev–Trinajstić information content (AvgIpc) is 2.89. The van der Waals surface area contributed by atoms with Gasteiger partial charge in [0.15, 0.2) is 0 Å². The average molecular weight is 299 g/mol. The number of unbranched alkanes of at least 4 members (excludes halogenated alkanes) is 1. The van der Waals surface area contributed by atoms with Crippen LogP contribution in [0.15, 0.2) is 9.59 Å². The highest BCUT2D eigenvalue weighted by Crippen LogP contribution is 2.34. The molecule has 1 aliphatic carbocycles. The van der Waals surface area contributed by atoms with Gasteiger partial charge < -0.3 is 0 Å². The highest BCUT2D eigenvalue weighted by atomic mass is 35.5. The van der Waals surface area contributed by atoms with Gasteiger partial charge in [0.05, 0.1) is 5.56 Å². The SMILES string of the molecule is CCCCC(C)n1c(=O)[nH]c(Cl)c(C2CCCC2)c1=O. The Labute approximate surface area is 124 Å². The molecule has 1 aliphatic rings. The van der Waals surface area contributed by atoms with Gasteiger partial charge >= 0.3 is 5.69 Å². The van der Waals surface area contributed by atoms with Gasteiger partial charge in [-0.2, -0.15) is 0 Å². The molecule has 1 heterocycles. The largest absolute Gasteiger partial charge is 0.329 e. The lowest BCUT2D eigenvalue weighted by atomic mass is 10.0. The number of nitrogens with one attached hydrogen (secondary N) is 1. The fourth-order valence-corrected chi connectivity index (χ4v) is 3.45. The Bertz CT molecular complexity index is 570. The molecule has 0 aliphatic heterocycles. The van der Waals surface area contributed by atoms with Gasteiger partial charge in [-0.05, 0) is 32.1 Å². The van der Waals surface area contributed by atoms with E-state index in [0.717, 1.165) is 44.9 Å². The van der Waals surface area contributed by atoms with E-state index in [1.54, 1.807) is 0 Å². The van der Waals surface area contributed by atoms with E-state index in [1.807, 2.05) is 6.92 Å². The van der Waals surface area contributed by atoms with Crippen LogP contribution in [0.2, 0.25) is 5.15 Å². The van der Waals surface area contributed by atoms with Crippen molar-refractivity contribution in [1.29, 1.82) is 0 Å². The highest BCUT2D eigenvalue weighted by molar-refractivity contribution is 6.30. The second-order valence-electron chi connectivity index (χ2n) is 5.81. The van der Waals surface area contributed by atoms with Crippen LogP contribution in [0.3, 0.4) is 0 Å². The molecule has 1 unspecified atom stereocenters. The summed E-state index contributed by atoms with van der Waals surface area (Å²) in [7, 11) is 0. The Morgan fingerprint density at radius 3 is 2.60 bits per heavy atom. The third kappa shape index (κ3) is 3.00. The van der Waals surface area contributed by atoms with Crippen molar-refractivity contribution in [3.05, 3.63) is 31.6 Å². The van der Waals surface area contributed by atoms with Gasteiger partial charge in [-0.3, -0.25) is 14.3 Å². The van der Waals surface area contributed by atoms with E-state index >= 15 is 0 Å². The maximum atomic E-state index is 12.7. The smallest absolute Gasteiger partial charge is 0.297 e. The lowest BCUT2D eigenvalue weighted by Crippen LogP contribution is -2.39. The Balaban J connectivity index is 2.44. The first-order chi connectivity index (χ1) is 9.56. The number of nitrogens with zero attached hydrogens (tertiary/aromatic N) is 1. The molecule has 1 atom stereocenters. The molecule has 1 aromatic heterocycles. The van der Waals surface area contributed by atoms with Crippen molar-refractivity contribution in [2.45, 2.75) is 70.8 Å². The molecule has 0 spiro atoms. The zero-order valence-electron chi connectivity index (χ0n) is 12.2. The Morgan fingerprint density at radius 1 is 1.35 bits per heavy atom. The summed E-state index contributed by atoms with van der Waals surface area (Å²) in [4.78, 5) is 27.4. The monoisotopic (exact) mass is 298 g/mol. The lowest BCUT2D eigenvalue weighted by Gasteiger charge is -2.17. The Morgan fingerprint density at radius 2 is 2.00 bits per heavy atom. The summed E-state index contributed by atoms with van der Waals surface area (Å²) < 4.78 is 1.36. The van der Waals surface area contributed by atoms with Crippen LogP contribution in [0.5, 0.6) is 0 Å². The molecule has 0 bridgehead atoms. The normalized spacial score (nSPS) is 17.6. The van der Waals surface area contributed by atoms with Gasteiger partial charge in [-0.15, -0.1) is 0 Å². The van der Waals surface area contributed by atoms with Gasteiger partial charge in [0.2, 0.25) is 0 Å². The molecule has 5 heteroatoms. The van der Waals surface area contributed by atoms with Crippen molar-refractivity contribution in [3.8, 4) is 0 Å². The zero-order chi connectivity index (χ0) is 14.7. The lowest BCUT2D eigenvalue weighted by molar-refractivity contribution is 0.448. The molecule has 0 radical (unpaired) electrons. The molecule has 1 N–H and O–H groups in total. The first-order valence-corrected chi connectivity index (χ1v) is 7.98. The third-order valence-corrected chi connectivity index (χ3v) is 4.60. The van der Waals surface area contributed by atoms with Crippen molar-refractivity contribution in [2.75, 3.05) is 0 Å². The molecule has 0 amide bonds. The van der Waals surface area contributed by atoms with Gasteiger partial charge in [-0.25, -0.2) is 4.79 Å². The van der Waals surface area contributed by atoms with E-state index in [4.69, 9.17) is 11.6 Å². The minimum absolute atomic E-state index is 0.0800. The summed E-state index contributed by atoms with van der Waals surface area (Å²) in [6.45, 7) is 4.03. The second-order valence-corrected chi connectivity index (χ2v) is 6.18. The van der Waals surface area contributed by atoms with Crippen LogP contribution in [0.1, 0.15) is 76.3 Å². The van der Waals surface area contributed by atoms with Crippen molar-refractivity contribution in [2.24, 2.45) is 0 Å². The molecule has 0 saturated heterocycles. The van der Waals surface area contributed by atoms with Crippen molar-refractivity contribution in [3.63, 3.8) is 0 Å². The molecular formula is C15H23ClN2O2. The van der Waals surface area contributed by atoms with Gasteiger partial charge in [-0.1, -0.05) is 44.2 Å². The van der Waals surface area contributed by atoms with Crippen LogP contribution in [0.4, 0.5) is 0 Å². The molecule has 2 rings (SSSR count). The number of hydrogen-bond donors (Lipinski definition) is 1. The first kappa shape index (κ1) is 15.4. The van der Waals surface area contributed by atoms with E-state index in [0.29, 0.717) is 5.56 Å². The molecule has 1 fully saturated rings. The third-order valence-electron chi connectivity index (χ3n) is 4.30. The molecular weight excluding hydrogens is 276 g/mol. The fourth-order valence-electron chi connectivity index (χ4n) is 3.13. The van der Waals surface area contributed by atoms with Crippen LogP contribution in [-0.4, -0.2) is 9.55 Å². The van der Waals surface area contributed by atoms with Crippen LogP contribution in [-0.2, 0) is 0 Å². The van der Waals surface area contributed by atoms with Gasteiger partial charge in [0, 0.05) is 6.04 Å². The maximum Gasteiger partial charge on any atom is 0.329 e. The second kappa shape index (κ2) is 6.61. The Hall–Kier alpha value is -1.03. The van der Waals surface area contributed by atoms with E-state index in [-0.39, 0.29) is 28.4 Å². The van der Waals surface area contributed by atoms with Crippen LogP contribution in [0, 0.1) is 0 Å². The van der Waals surface area contributed by atoms with E-state index in [1.165, 1.54) is 4.57 Å². The van der Waals surface area contributed by atoms with E-state index in [9.17, 15) is 9.59 Å².